The zero-order chi connectivity index (χ0) is 41.7. The Morgan fingerprint density at radius 1 is 0.317 bits per heavy atom. The van der Waals surface area contributed by atoms with Crippen molar-refractivity contribution in [2.75, 3.05) is 4.90 Å². The summed E-state index contributed by atoms with van der Waals surface area (Å²) in [4.78, 5) is 2.47. The van der Waals surface area contributed by atoms with E-state index in [1.165, 1.54) is 81.4 Å². The maximum Gasteiger partial charge on any atom is 0.0714 e. The highest BCUT2D eigenvalue weighted by Gasteiger charge is 2.46. The van der Waals surface area contributed by atoms with Crippen LogP contribution in [-0.2, 0) is 5.41 Å². The van der Waals surface area contributed by atoms with Crippen molar-refractivity contribution in [2.24, 2.45) is 0 Å². The Morgan fingerprint density at radius 2 is 0.825 bits per heavy atom. The van der Waals surface area contributed by atoms with Crippen molar-refractivity contribution in [1.82, 2.24) is 0 Å². The van der Waals surface area contributed by atoms with E-state index in [1.807, 2.05) is 11.3 Å². The number of benzene rings is 10. The smallest absolute Gasteiger partial charge is 0.0714 e. The monoisotopic (exact) mass is 819 g/mol. The third-order valence-corrected chi connectivity index (χ3v) is 14.2. The minimum Gasteiger partial charge on any atom is -0.310 e. The number of anilines is 3. The Labute approximate surface area is 372 Å². The molecule has 1 aliphatic rings. The number of thiophene rings is 1. The standard InChI is InChI=1S/C61H41NS/c1-4-17-42(18-5-1)43-31-33-44(34-32-43)50-23-11-14-29-58(50)62(48-37-35-45(36-38-48)51-26-16-27-55-54-25-12-15-30-59(54)63-60(51)55)49-39-40-53-52-24-10-13-28-56(52)61(57(53)41-49,46-19-6-2-7-20-46)47-21-8-3-9-22-47/h1-41H. The summed E-state index contributed by atoms with van der Waals surface area (Å²) in [6.45, 7) is 0. The average Bonchev–Trinajstić information content (AvgIpc) is 3.89. The van der Waals surface area contributed by atoms with Gasteiger partial charge < -0.3 is 4.90 Å². The fourth-order valence-electron chi connectivity index (χ4n) is 10.1. The fraction of sp³-hybridized carbons (Fsp3) is 0.0164. The molecule has 0 saturated heterocycles. The summed E-state index contributed by atoms with van der Waals surface area (Å²) in [5.41, 5.74) is 17.6. The third-order valence-electron chi connectivity index (χ3n) is 13.0. The number of fused-ring (bicyclic) bond motifs is 6. The maximum absolute atomic E-state index is 2.47. The van der Waals surface area contributed by atoms with Crippen LogP contribution in [0.5, 0.6) is 0 Å². The molecule has 0 fully saturated rings. The van der Waals surface area contributed by atoms with Gasteiger partial charge in [-0.2, -0.15) is 0 Å². The summed E-state index contributed by atoms with van der Waals surface area (Å²) >= 11 is 1.88. The van der Waals surface area contributed by atoms with Crippen molar-refractivity contribution in [1.29, 1.82) is 0 Å². The first-order valence-corrected chi connectivity index (χ1v) is 22.5. The van der Waals surface area contributed by atoms with E-state index in [-0.39, 0.29) is 0 Å². The lowest BCUT2D eigenvalue weighted by atomic mass is 9.67. The van der Waals surface area contributed by atoms with Crippen molar-refractivity contribution in [3.05, 3.63) is 271 Å². The predicted molar refractivity (Wildman–Crippen MR) is 268 cm³/mol. The molecule has 296 valence electrons. The molecule has 0 saturated carbocycles. The molecule has 0 atom stereocenters. The van der Waals surface area contributed by atoms with E-state index in [0.717, 1.165) is 22.6 Å². The number of nitrogens with zero attached hydrogens (tertiary/aromatic N) is 1. The van der Waals surface area contributed by atoms with Crippen LogP contribution in [0.15, 0.2) is 249 Å². The van der Waals surface area contributed by atoms with Crippen molar-refractivity contribution < 1.29 is 0 Å². The van der Waals surface area contributed by atoms with Gasteiger partial charge in [0.15, 0.2) is 0 Å². The summed E-state index contributed by atoms with van der Waals surface area (Å²) in [5.74, 6) is 0. The number of hydrogen-bond donors (Lipinski definition) is 0. The van der Waals surface area contributed by atoms with Crippen molar-refractivity contribution >= 4 is 48.6 Å². The van der Waals surface area contributed by atoms with E-state index in [9.17, 15) is 0 Å². The van der Waals surface area contributed by atoms with Gasteiger partial charge in [-0.3, -0.25) is 0 Å². The van der Waals surface area contributed by atoms with E-state index in [4.69, 9.17) is 0 Å². The van der Waals surface area contributed by atoms with Crippen LogP contribution in [0.3, 0.4) is 0 Å². The van der Waals surface area contributed by atoms with Crippen LogP contribution in [-0.4, -0.2) is 0 Å². The average molecular weight is 820 g/mol. The zero-order valence-corrected chi connectivity index (χ0v) is 35.3. The molecule has 11 aromatic rings. The molecule has 10 aromatic carbocycles. The molecule has 12 rings (SSSR count). The second kappa shape index (κ2) is 15.3. The lowest BCUT2D eigenvalue weighted by Gasteiger charge is -2.35. The third kappa shape index (κ3) is 6.06. The van der Waals surface area contributed by atoms with Crippen molar-refractivity contribution in [2.45, 2.75) is 5.41 Å². The first-order chi connectivity index (χ1) is 31.3. The van der Waals surface area contributed by atoms with Gasteiger partial charge in [-0.25, -0.2) is 0 Å². The fourth-order valence-corrected chi connectivity index (χ4v) is 11.4. The van der Waals surface area contributed by atoms with Gasteiger partial charge >= 0.3 is 0 Å². The molecule has 1 heterocycles. The highest BCUT2D eigenvalue weighted by molar-refractivity contribution is 7.26. The molecule has 0 unspecified atom stereocenters. The molecule has 0 radical (unpaired) electrons. The zero-order valence-electron chi connectivity index (χ0n) is 34.5. The minimum absolute atomic E-state index is 0.518. The van der Waals surface area contributed by atoms with Gasteiger partial charge in [0.2, 0.25) is 0 Å². The Bertz CT molecular complexity index is 3380. The van der Waals surface area contributed by atoms with Crippen LogP contribution in [0.1, 0.15) is 22.3 Å². The highest BCUT2D eigenvalue weighted by Crippen LogP contribution is 2.57. The maximum atomic E-state index is 2.47. The van der Waals surface area contributed by atoms with Gasteiger partial charge in [0.1, 0.15) is 0 Å². The molecule has 1 aromatic heterocycles. The van der Waals surface area contributed by atoms with Crippen LogP contribution in [0.2, 0.25) is 0 Å². The Balaban J connectivity index is 1.06. The van der Waals surface area contributed by atoms with E-state index in [1.54, 1.807) is 0 Å². The van der Waals surface area contributed by atoms with Gasteiger partial charge in [-0.05, 0) is 97.6 Å². The first kappa shape index (κ1) is 37.0. The second-order valence-corrected chi connectivity index (χ2v) is 17.4. The van der Waals surface area contributed by atoms with Gasteiger partial charge in [0.25, 0.3) is 0 Å². The molecule has 0 aliphatic heterocycles. The largest absolute Gasteiger partial charge is 0.310 e. The molecule has 1 nitrogen and oxygen atoms in total. The quantitative estimate of drug-likeness (QED) is 0.148. The van der Waals surface area contributed by atoms with Gasteiger partial charge in [-0.1, -0.05) is 212 Å². The van der Waals surface area contributed by atoms with E-state index in [2.05, 4.69) is 254 Å². The Kier molecular flexibility index (Phi) is 8.98. The van der Waals surface area contributed by atoms with Crippen LogP contribution >= 0.6 is 11.3 Å². The van der Waals surface area contributed by atoms with Gasteiger partial charge in [0.05, 0.1) is 11.1 Å². The lowest BCUT2D eigenvalue weighted by molar-refractivity contribution is 0.768. The van der Waals surface area contributed by atoms with Crippen LogP contribution in [0, 0.1) is 0 Å². The molecule has 2 heteroatoms. The molecule has 0 spiro atoms. The SMILES string of the molecule is c1ccc(-c2ccc(-c3ccccc3N(c3ccc(-c4cccc5c4sc4ccccc45)cc3)c3ccc4c(c3)C(c3ccccc3)(c3ccccc3)c3ccccc3-4)cc2)cc1. The Hall–Kier alpha value is -7.78. The molecule has 0 N–H and O–H groups in total. The summed E-state index contributed by atoms with van der Waals surface area (Å²) < 4.78 is 2.64. The van der Waals surface area contributed by atoms with Crippen molar-refractivity contribution in [3.63, 3.8) is 0 Å². The number of hydrogen-bond acceptors (Lipinski definition) is 2. The summed E-state index contributed by atoms with van der Waals surface area (Å²) in [6.07, 6.45) is 0. The van der Waals surface area contributed by atoms with Crippen LogP contribution in [0.4, 0.5) is 17.1 Å². The second-order valence-electron chi connectivity index (χ2n) is 16.4. The van der Waals surface area contributed by atoms with Gasteiger partial charge in [-0.15, -0.1) is 11.3 Å². The number of rotatable bonds is 8. The minimum atomic E-state index is -0.518. The highest BCUT2D eigenvalue weighted by atomic mass is 32.1. The topological polar surface area (TPSA) is 3.24 Å². The normalized spacial score (nSPS) is 12.6. The van der Waals surface area contributed by atoms with Crippen LogP contribution in [0.25, 0.3) is 64.7 Å². The molecular formula is C61H41NS. The molecule has 1 aliphatic carbocycles. The van der Waals surface area contributed by atoms with Crippen LogP contribution < -0.4 is 4.90 Å². The summed E-state index contributed by atoms with van der Waals surface area (Å²) in [6, 6.07) is 91.5. The molecule has 0 bridgehead atoms. The van der Waals surface area contributed by atoms with E-state index < -0.39 is 5.41 Å². The lowest BCUT2D eigenvalue weighted by Crippen LogP contribution is -2.28. The molecular weight excluding hydrogens is 779 g/mol. The molecule has 63 heavy (non-hydrogen) atoms. The number of para-hydroxylation sites is 1. The Morgan fingerprint density at radius 3 is 1.57 bits per heavy atom. The van der Waals surface area contributed by atoms with E-state index in [0.29, 0.717) is 0 Å². The van der Waals surface area contributed by atoms with E-state index >= 15 is 0 Å². The van der Waals surface area contributed by atoms with Gasteiger partial charge in [0, 0.05) is 37.1 Å². The summed E-state index contributed by atoms with van der Waals surface area (Å²) in [5, 5.41) is 2.63. The van der Waals surface area contributed by atoms with Crippen molar-refractivity contribution in [3.8, 4) is 44.5 Å². The molecule has 0 amide bonds. The first-order valence-electron chi connectivity index (χ1n) is 21.7. The summed E-state index contributed by atoms with van der Waals surface area (Å²) in [7, 11) is 0. The predicted octanol–water partition coefficient (Wildman–Crippen LogP) is 16.9.